The van der Waals surface area contributed by atoms with Crippen LogP contribution in [0, 0.1) is 0 Å². The average Bonchev–Trinajstić information content (AvgIpc) is 2.48. The molecular weight excluding hydrogens is 278 g/mol. The molecule has 0 radical (unpaired) electrons. The normalized spacial score (nSPS) is 20.7. The highest BCUT2D eigenvalue weighted by atomic mass is 16.5. The molecule has 0 unspecified atom stereocenters. The van der Waals surface area contributed by atoms with E-state index in [9.17, 15) is 0 Å². The van der Waals surface area contributed by atoms with Gasteiger partial charge < -0.3 is 16.2 Å². The van der Waals surface area contributed by atoms with E-state index in [1.165, 1.54) is 6.42 Å². The fourth-order valence-electron chi connectivity index (χ4n) is 3.45. The predicted molar refractivity (Wildman–Crippen MR) is 88.7 cm³/mol. The van der Waals surface area contributed by atoms with E-state index in [1.54, 1.807) is 7.11 Å². The molecule has 1 saturated carbocycles. The van der Waals surface area contributed by atoms with Gasteiger partial charge in [0.05, 0.1) is 6.61 Å². The van der Waals surface area contributed by atoms with Gasteiger partial charge in [-0.3, -0.25) is 4.90 Å². The Morgan fingerprint density at radius 1 is 1.23 bits per heavy atom. The predicted octanol–water partition coefficient (Wildman–Crippen LogP) is 1.94. The number of guanidine groups is 2. The molecule has 1 spiro atoms. The molecule has 0 atom stereocenters. The first-order valence-corrected chi connectivity index (χ1v) is 7.72. The number of benzene rings is 1. The highest BCUT2D eigenvalue weighted by Gasteiger charge is 2.42. The van der Waals surface area contributed by atoms with Gasteiger partial charge in [-0.1, -0.05) is 18.6 Å². The van der Waals surface area contributed by atoms with Crippen molar-refractivity contribution in [2.24, 2.45) is 21.5 Å². The Hall–Kier alpha value is -2.08. The first-order valence-electron chi connectivity index (χ1n) is 7.72. The molecule has 1 fully saturated rings. The number of ether oxygens (including phenoxy) is 1. The van der Waals surface area contributed by atoms with E-state index in [0.717, 1.165) is 36.9 Å². The van der Waals surface area contributed by atoms with Crippen LogP contribution in [0.1, 0.15) is 37.7 Å². The minimum Gasteiger partial charge on any atom is -0.380 e. The molecule has 6 nitrogen and oxygen atoms in total. The topological polar surface area (TPSA) is 89.2 Å². The van der Waals surface area contributed by atoms with E-state index in [4.69, 9.17) is 16.2 Å². The summed E-state index contributed by atoms with van der Waals surface area (Å²) in [5.74, 6) is 0.702. The largest absolute Gasteiger partial charge is 0.380 e. The number of nitrogens with two attached hydrogens (primary N) is 2. The van der Waals surface area contributed by atoms with Gasteiger partial charge in [-0.2, -0.15) is 4.99 Å². The minimum absolute atomic E-state index is 0.281. The van der Waals surface area contributed by atoms with Crippen LogP contribution in [0.3, 0.4) is 0 Å². The Kier molecular flexibility index (Phi) is 4.02. The van der Waals surface area contributed by atoms with E-state index < -0.39 is 0 Å². The monoisotopic (exact) mass is 301 g/mol. The molecule has 6 heteroatoms. The summed E-state index contributed by atoms with van der Waals surface area (Å²) in [6, 6.07) is 8.17. The maximum absolute atomic E-state index is 6.21. The fraction of sp³-hybridized carbons (Fsp3) is 0.500. The van der Waals surface area contributed by atoms with Gasteiger partial charge in [0.25, 0.3) is 0 Å². The summed E-state index contributed by atoms with van der Waals surface area (Å²) >= 11 is 0. The lowest BCUT2D eigenvalue weighted by Gasteiger charge is -2.45. The molecule has 22 heavy (non-hydrogen) atoms. The summed E-state index contributed by atoms with van der Waals surface area (Å²) in [5, 5.41) is 0. The lowest BCUT2D eigenvalue weighted by Crippen LogP contribution is -2.58. The van der Waals surface area contributed by atoms with Gasteiger partial charge in [0.1, 0.15) is 5.66 Å². The minimum atomic E-state index is -0.389. The van der Waals surface area contributed by atoms with Crippen molar-refractivity contribution in [1.29, 1.82) is 0 Å². The zero-order chi connectivity index (χ0) is 15.6. The fourth-order valence-corrected chi connectivity index (χ4v) is 3.45. The lowest BCUT2D eigenvalue weighted by molar-refractivity contribution is 0.185. The van der Waals surface area contributed by atoms with E-state index in [0.29, 0.717) is 12.6 Å². The van der Waals surface area contributed by atoms with Gasteiger partial charge in [-0.15, -0.1) is 0 Å². The van der Waals surface area contributed by atoms with Crippen LogP contribution in [0.15, 0.2) is 34.3 Å². The quantitative estimate of drug-likeness (QED) is 0.893. The van der Waals surface area contributed by atoms with Crippen molar-refractivity contribution >= 4 is 17.6 Å². The molecule has 2 aliphatic rings. The molecule has 3 rings (SSSR count). The van der Waals surface area contributed by atoms with Gasteiger partial charge in [0.15, 0.2) is 0 Å². The van der Waals surface area contributed by atoms with Crippen LogP contribution < -0.4 is 16.4 Å². The van der Waals surface area contributed by atoms with Crippen molar-refractivity contribution in [3.63, 3.8) is 0 Å². The van der Waals surface area contributed by atoms with Crippen LogP contribution in [0.25, 0.3) is 0 Å². The number of anilines is 1. The summed E-state index contributed by atoms with van der Waals surface area (Å²) in [4.78, 5) is 10.9. The maximum Gasteiger partial charge on any atom is 0.220 e. The van der Waals surface area contributed by atoms with E-state index in [1.807, 2.05) is 23.1 Å². The molecule has 1 aromatic carbocycles. The molecule has 0 amide bonds. The summed E-state index contributed by atoms with van der Waals surface area (Å²) in [6.07, 6.45) is 5.36. The number of hydrogen-bond donors (Lipinski definition) is 2. The molecule has 0 saturated heterocycles. The van der Waals surface area contributed by atoms with Crippen molar-refractivity contribution in [2.45, 2.75) is 44.4 Å². The van der Waals surface area contributed by atoms with Crippen molar-refractivity contribution in [3.8, 4) is 0 Å². The van der Waals surface area contributed by atoms with E-state index >= 15 is 0 Å². The number of nitrogens with zero attached hydrogens (tertiary/aromatic N) is 3. The Labute approximate surface area is 130 Å². The molecule has 4 N–H and O–H groups in total. The van der Waals surface area contributed by atoms with Gasteiger partial charge in [0, 0.05) is 12.8 Å². The van der Waals surface area contributed by atoms with Crippen molar-refractivity contribution in [1.82, 2.24) is 0 Å². The molecule has 118 valence electrons. The van der Waals surface area contributed by atoms with Crippen LogP contribution in [-0.2, 0) is 11.3 Å². The third-order valence-electron chi connectivity index (χ3n) is 4.33. The first kappa shape index (κ1) is 14.8. The molecular formula is C16H23N5O. The number of rotatable bonds is 3. The van der Waals surface area contributed by atoms with Crippen molar-refractivity contribution in [3.05, 3.63) is 29.8 Å². The van der Waals surface area contributed by atoms with Crippen LogP contribution in [0.2, 0.25) is 0 Å². The van der Waals surface area contributed by atoms with Crippen LogP contribution in [-0.4, -0.2) is 24.7 Å². The number of methoxy groups -OCH3 is 1. The summed E-state index contributed by atoms with van der Waals surface area (Å²) < 4.78 is 5.22. The zero-order valence-electron chi connectivity index (χ0n) is 13.0. The molecule has 0 bridgehead atoms. The second kappa shape index (κ2) is 5.96. The van der Waals surface area contributed by atoms with E-state index in [-0.39, 0.29) is 11.6 Å². The summed E-state index contributed by atoms with van der Waals surface area (Å²) in [6.45, 7) is 0.567. The molecule has 1 aliphatic heterocycles. The Morgan fingerprint density at radius 2 is 2.00 bits per heavy atom. The Bertz CT molecular complexity index is 604. The van der Waals surface area contributed by atoms with E-state index in [2.05, 4.69) is 16.1 Å². The van der Waals surface area contributed by atoms with Crippen LogP contribution in [0.5, 0.6) is 0 Å². The average molecular weight is 301 g/mol. The van der Waals surface area contributed by atoms with Crippen molar-refractivity contribution < 1.29 is 4.74 Å². The Morgan fingerprint density at radius 3 is 2.73 bits per heavy atom. The van der Waals surface area contributed by atoms with Crippen LogP contribution in [0.4, 0.5) is 5.69 Å². The molecule has 0 aromatic heterocycles. The smallest absolute Gasteiger partial charge is 0.220 e. The highest BCUT2D eigenvalue weighted by Crippen LogP contribution is 2.39. The SMILES string of the molecule is COCc1cccc(N2C(N)=NC(N)=NC23CCCCC3)c1. The zero-order valence-corrected chi connectivity index (χ0v) is 13.0. The van der Waals surface area contributed by atoms with Gasteiger partial charge in [-0.25, -0.2) is 4.99 Å². The highest BCUT2D eigenvalue weighted by molar-refractivity contribution is 6.05. The third kappa shape index (κ3) is 2.66. The third-order valence-corrected chi connectivity index (χ3v) is 4.33. The Balaban J connectivity index is 2.02. The molecule has 1 aliphatic carbocycles. The van der Waals surface area contributed by atoms with Gasteiger partial charge in [-0.05, 0) is 43.4 Å². The number of aliphatic imine (C=N–C) groups is 2. The lowest BCUT2D eigenvalue weighted by atomic mass is 9.87. The maximum atomic E-state index is 6.21. The molecule has 1 aromatic rings. The number of hydrogen-bond acceptors (Lipinski definition) is 6. The summed E-state index contributed by atoms with van der Waals surface area (Å²) in [7, 11) is 1.69. The van der Waals surface area contributed by atoms with Crippen LogP contribution >= 0.6 is 0 Å². The van der Waals surface area contributed by atoms with Gasteiger partial charge >= 0.3 is 0 Å². The van der Waals surface area contributed by atoms with Gasteiger partial charge in [0.2, 0.25) is 11.9 Å². The second-order valence-corrected chi connectivity index (χ2v) is 5.92. The second-order valence-electron chi connectivity index (χ2n) is 5.92. The molecule has 1 heterocycles. The standard InChI is InChI=1S/C16H23N5O/c1-22-11-12-6-5-7-13(10-12)21-15(18)19-14(17)20-16(21)8-3-2-4-9-16/h5-7,10H,2-4,8-9,11H2,1H3,(H4,17,18,19,20). The first-order chi connectivity index (χ1) is 10.6. The van der Waals surface area contributed by atoms with Crippen molar-refractivity contribution in [2.75, 3.05) is 12.0 Å². The summed E-state index contributed by atoms with van der Waals surface area (Å²) in [5.41, 5.74) is 13.8.